The van der Waals surface area contributed by atoms with E-state index in [1.807, 2.05) is 0 Å². The van der Waals surface area contributed by atoms with Crippen molar-refractivity contribution in [1.29, 1.82) is 0 Å². The van der Waals surface area contributed by atoms with Gasteiger partial charge in [-0.15, -0.1) is 0 Å². The van der Waals surface area contributed by atoms with Crippen molar-refractivity contribution in [2.75, 3.05) is 32.7 Å². The molecule has 0 unspecified atom stereocenters. The Morgan fingerprint density at radius 3 is 2.72 bits per heavy atom. The summed E-state index contributed by atoms with van der Waals surface area (Å²) in [6.45, 7) is 5.79. The molecule has 0 aliphatic heterocycles. The molecule has 6 heteroatoms. The molecule has 1 aromatic rings. The van der Waals surface area contributed by atoms with E-state index in [0.717, 1.165) is 19.6 Å². The predicted octanol–water partition coefficient (Wildman–Crippen LogP) is 2.61. The highest BCUT2D eigenvalue weighted by molar-refractivity contribution is 6.32. The highest BCUT2D eigenvalue weighted by atomic mass is 35.5. The summed E-state index contributed by atoms with van der Waals surface area (Å²) in [7, 11) is 3.23. The van der Waals surface area contributed by atoms with Gasteiger partial charge in [0.2, 0.25) is 0 Å². The Hall–Kier alpha value is -1.07. The number of nitrogens with one attached hydrogen (secondary N) is 1. The van der Waals surface area contributed by atoms with Crippen LogP contribution in [0.4, 0.5) is 5.82 Å². The van der Waals surface area contributed by atoms with Gasteiger partial charge in [0.25, 0.3) is 0 Å². The first kappa shape index (κ1) is 15.0. The van der Waals surface area contributed by atoms with Gasteiger partial charge in [-0.2, -0.15) is 4.98 Å². The van der Waals surface area contributed by atoms with E-state index in [1.165, 1.54) is 13.3 Å². The molecule has 5 nitrogen and oxygen atoms in total. The largest absolute Gasteiger partial charge is 0.467 e. The third-order valence-corrected chi connectivity index (χ3v) is 2.90. The molecule has 1 rings (SSSR count). The van der Waals surface area contributed by atoms with Crippen LogP contribution in [-0.4, -0.2) is 37.3 Å². The number of hydrogen-bond acceptors (Lipinski definition) is 5. The number of anilines is 1. The first-order valence-corrected chi connectivity index (χ1v) is 6.15. The summed E-state index contributed by atoms with van der Waals surface area (Å²) in [4.78, 5) is 8.09. The van der Waals surface area contributed by atoms with Crippen LogP contribution in [0.25, 0.3) is 0 Å². The molecule has 0 amide bonds. The SMILES string of the molecule is COCCC(C)(C)CNc1nc(OC)ncc1Cl. The van der Waals surface area contributed by atoms with Crippen LogP contribution in [0.15, 0.2) is 6.20 Å². The molecule has 1 N–H and O–H groups in total. The average Bonchev–Trinajstić information content (AvgIpc) is 2.35. The topological polar surface area (TPSA) is 56.3 Å². The molecule has 0 saturated heterocycles. The molecule has 0 aromatic carbocycles. The van der Waals surface area contributed by atoms with Gasteiger partial charge in [0.15, 0.2) is 5.82 Å². The lowest BCUT2D eigenvalue weighted by Crippen LogP contribution is -2.25. The zero-order valence-electron chi connectivity index (χ0n) is 11.3. The van der Waals surface area contributed by atoms with Gasteiger partial charge in [-0.3, -0.25) is 0 Å². The van der Waals surface area contributed by atoms with Crippen molar-refractivity contribution in [2.24, 2.45) is 5.41 Å². The van der Waals surface area contributed by atoms with E-state index in [2.05, 4.69) is 29.1 Å². The molecular weight excluding hydrogens is 254 g/mol. The molecule has 0 spiro atoms. The summed E-state index contributed by atoms with van der Waals surface area (Å²) < 4.78 is 10.1. The van der Waals surface area contributed by atoms with E-state index < -0.39 is 0 Å². The van der Waals surface area contributed by atoms with Crippen molar-refractivity contribution in [3.63, 3.8) is 0 Å². The minimum atomic E-state index is 0.0948. The van der Waals surface area contributed by atoms with Crippen LogP contribution in [0.5, 0.6) is 6.01 Å². The molecule has 1 aromatic heterocycles. The standard InChI is InChI=1S/C12H20ClN3O2/c1-12(2,5-6-17-3)8-15-10-9(13)7-14-11(16-10)18-4/h7H,5-6,8H2,1-4H3,(H,14,15,16). The number of ether oxygens (including phenoxy) is 2. The first-order valence-electron chi connectivity index (χ1n) is 5.78. The van der Waals surface area contributed by atoms with Gasteiger partial charge in [0.1, 0.15) is 5.02 Å². The van der Waals surface area contributed by atoms with Crippen molar-refractivity contribution >= 4 is 17.4 Å². The van der Waals surface area contributed by atoms with Crippen LogP contribution in [0.2, 0.25) is 5.02 Å². The minimum Gasteiger partial charge on any atom is -0.467 e. The zero-order chi connectivity index (χ0) is 13.6. The van der Waals surface area contributed by atoms with Crippen LogP contribution < -0.4 is 10.1 Å². The highest BCUT2D eigenvalue weighted by Crippen LogP contribution is 2.24. The molecule has 0 atom stereocenters. The Labute approximate surface area is 113 Å². The summed E-state index contributed by atoms with van der Waals surface area (Å²) in [5.41, 5.74) is 0.0948. The molecular formula is C12H20ClN3O2. The Bertz CT molecular complexity index is 386. The maximum Gasteiger partial charge on any atom is 0.318 e. The van der Waals surface area contributed by atoms with Crippen LogP contribution in [-0.2, 0) is 4.74 Å². The van der Waals surface area contributed by atoms with Crippen molar-refractivity contribution in [3.8, 4) is 6.01 Å². The van der Waals surface area contributed by atoms with Crippen molar-refractivity contribution in [1.82, 2.24) is 9.97 Å². The van der Waals surface area contributed by atoms with Crippen LogP contribution in [0, 0.1) is 5.41 Å². The third-order valence-electron chi connectivity index (χ3n) is 2.62. The van der Waals surface area contributed by atoms with Gasteiger partial charge < -0.3 is 14.8 Å². The van der Waals surface area contributed by atoms with Crippen molar-refractivity contribution in [2.45, 2.75) is 20.3 Å². The van der Waals surface area contributed by atoms with Crippen molar-refractivity contribution < 1.29 is 9.47 Å². The fraction of sp³-hybridized carbons (Fsp3) is 0.667. The van der Waals surface area contributed by atoms with Crippen LogP contribution in [0.3, 0.4) is 0 Å². The van der Waals surface area contributed by atoms with Gasteiger partial charge >= 0.3 is 6.01 Å². The van der Waals surface area contributed by atoms with E-state index >= 15 is 0 Å². The quantitative estimate of drug-likeness (QED) is 0.828. The summed E-state index contributed by atoms with van der Waals surface area (Å²) in [6, 6.07) is 0.302. The van der Waals surface area contributed by atoms with E-state index in [0.29, 0.717) is 16.9 Å². The lowest BCUT2D eigenvalue weighted by molar-refractivity contribution is 0.157. The van der Waals surface area contributed by atoms with Gasteiger partial charge in [-0.05, 0) is 11.8 Å². The molecule has 0 aliphatic carbocycles. The number of hydrogen-bond donors (Lipinski definition) is 1. The molecule has 0 radical (unpaired) electrons. The first-order chi connectivity index (χ1) is 8.48. The molecule has 0 fully saturated rings. The van der Waals surface area contributed by atoms with Crippen molar-refractivity contribution in [3.05, 3.63) is 11.2 Å². The molecule has 102 valence electrons. The molecule has 0 bridgehead atoms. The summed E-state index contributed by atoms with van der Waals surface area (Å²) in [5.74, 6) is 0.592. The van der Waals surface area contributed by atoms with Gasteiger partial charge in [-0.1, -0.05) is 25.4 Å². The second-order valence-electron chi connectivity index (χ2n) is 4.81. The fourth-order valence-electron chi connectivity index (χ4n) is 1.36. The summed E-state index contributed by atoms with van der Waals surface area (Å²) in [5, 5.41) is 3.70. The second-order valence-corrected chi connectivity index (χ2v) is 5.22. The van der Waals surface area contributed by atoms with Gasteiger partial charge in [-0.25, -0.2) is 4.98 Å². The minimum absolute atomic E-state index is 0.0948. The molecule has 0 saturated carbocycles. The van der Waals surface area contributed by atoms with Crippen LogP contribution in [0.1, 0.15) is 20.3 Å². The lowest BCUT2D eigenvalue weighted by Gasteiger charge is -2.25. The summed E-state index contributed by atoms with van der Waals surface area (Å²) in [6.07, 6.45) is 2.48. The Morgan fingerprint density at radius 1 is 1.39 bits per heavy atom. The van der Waals surface area contributed by atoms with E-state index in [1.54, 1.807) is 7.11 Å². The van der Waals surface area contributed by atoms with E-state index in [4.69, 9.17) is 21.1 Å². The van der Waals surface area contributed by atoms with Gasteiger partial charge in [0.05, 0.1) is 13.3 Å². The Morgan fingerprint density at radius 2 is 2.11 bits per heavy atom. The van der Waals surface area contributed by atoms with Gasteiger partial charge in [0, 0.05) is 20.3 Å². The predicted molar refractivity (Wildman–Crippen MR) is 72.4 cm³/mol. The molecule has 0 aliphatic rings. The maximum absolute atomic E-state index is 6.02. The second kappa shape index (κ2) is 6.75. The van der Waals surface area contributed by atoms with E-state index in [-0.39, 0.29) is 5.41 Å². The molecule has 1 heterocycles. The smallest absolute Gasteiger partial charge is 0.318 e. The zero-order valence-corrected chi connectivity index (χ0v) is 12.0. The molecule has 18 heavy (non-hydrogen) atoms. The fourth-order valence-corrected chi connectivity index (χ4v) is 1.52. The lowest BCUT2D eigenvalue weighted by atomic mass is 9.90. The highest BCUT2D eigenvalue weighted by Gasteiger charge is 2.18. The normalized spacial score (nSPS) is 11.4. The number of rotatable bonds is 7. The third kappa shape index (κ3) is 4.66. The number of methoxy groups -OCH3 is 2. The number of aromatic nitrogens is 2. The average molecular weight is 274 g/mol. The Balaban J connectivity index is 2.62. The number of nitrogens with zero attached hydrogens (tertiary/aromatic N) is 2. The van der Waals surface area contributed by atoms with E-state index in [9.17, 15) is 0 Å². The number of halogens is 1. The summed E-state index contributed by atoms with van der Waals surface area (Å²) >= 11 is 6.02. The van der Waals surface area contributed by atoms with Crippen LogP contribution >= 0.6 is 11.6 Å². The maximum atomic E-state index is 6.02. The monoisotopic (exact) mass is 273 g/mol. The Kier molecular flexibility index (Phi) is 5.62.